The lowest BCUT2D eigenvalue weighted by Gasteiger charge is -2.45. The summed E-state index contributed by atoms with van der Waals surface area (Å²) in [6.45, 7) is 5.11. The Hall–Kier alpha value is -3.14. The lowest BCUT2D eigenvalue weighted by molar-refractivity contribution is -0.405. The number of ether oxygens (including phenoxy) is 2. The van der Waals surface area contributed by atoms with Gasteiger partial charge in [0.1, 0.15) is 11.5 Å². The number of aliphatic hydroxyl groups is 1. The van der Waals surface area contributed by atoms with Crippen LogP contribution in [0.5, 0.6) is 11.5 Å². The molecule has 3 N–H and O–H groups in total. The zero-order valence-electron chi connectivity index (χ0n) is 23.1. The van der Waals surface area contributed by atoms with Crippen LogP contribution >= 0.6 is 0 Å². The first-order valence-corrected chi connectivity index (χ1v) is 14.0. The van der Waals surface area contributed by atoms with Gasteiger partial charge in [0.2, 0.25) is 0 Å². The molecule has 0 spiro atoms. The Morgan fingerprint density at radius 2 is 1.82 bits per heavy atom. The largest absolute Gasteiger partial charge is 0.457 e. The molecule has 2 aromatic rings. The third-order valence-electron chi connectivity index (χ3n) is 8.01. The molecule has 4 rings (SSSR count). The number of methoxy groups -OCH3 is 1. The molecule has 3 atom stereocenters. The van der Waals surface area contributed by atoms with Crippen molar-refractivity contribution in [2.24, 2.45) is 11.7 Å². The van der Waals surface area contributed by atoms with Crippen molar-refractivity contribution in [2.45, 2.75) is 57.1 Å². The zero-order valence-corrected chi connectivity index (χ0v) is 23.1. The molecule has 2 saturated heterocycles. The van der Waals surface area contributed by atoms with E-state index in [1.807, 2.05) is 60.4 Å². The summed E-state index contributed by atoms with van der Waals surface area (Å²) in [4.78, 5) is 15.3. The average molecular weight is 539 g/mol. The van der Waals surface area contributed by atoms with E-state index in [-0.39, 0.29) is 16.9 Å². The summed E-state index contributed by atoms with van der Waals surface area (Å²) < 4.78 is 11.7. The highest BCUT2D eigenvalue weighted by molar-refractivity contribution is 5.44. The van der Waals surface area contributed by atoms with Gasteiger partial charge in [-0.2, -0.15) is 0 Å². The molecule has 2 unspecified atom stereocenters. The number of nitrogens with two attached hydrogens (primary N) is 1. The Labute approximate surface area is 231 Å². The minimum atomic E-state index is -1.19. The number of hydrogen-bond acceptors (Lipinski definition) is 8. The van der Waals surface area contributed by atoms with Gasteiger partial charge in [-0.25, -0.2) is 0 Å². The Balaban J connectivity index is 1.67. The van der Waals surface area contributed by atoms with Gasteiger partial charge < -0.3 is 30.1 Å². The highest BCUT2D eigenvalue weighted by Gasteiger charge is 2.43. The van der Waals surface area contributed by atoms with Crippen LogP contribution in [0, 0.1) is 23.0 Å². The average Bonchev–Trinajstić information content (AvgIpc) is 3.37. The second-order valence-electron chi connectivity index (χ2n) is 10.8. The van der Waals surface area contributed by atoms with E-state index < -0.39 is 5.60 Å². The Morgan fingerprint density at radius 3 is 2.51 bits per heavy atom. The molecule has 2 aliphatic heterocycles. The van der Waals surface area contributed by atoms with Crippen molar-refractivity contribution >= 4 is 0 Å². The standard InChI is InChI=1S/C30H42N4O5/c1-23-10-3-5-13-27(23)39-28-14-6-4-12-26(28)30(35,16-7-8-19-38-2)24-11-9-17-32(20-24)29(22-34(36)37)33-18-15-25(31)21-33/h3-6,10,12-14,22,24-25,35H,7-9,11,15-21,31H2,1-2H3/t24?,25?,30-/m0/s1. The van der Waals surface area contributed by atoms with Gasteiger partial charge in [-0.3, -0.25) is 10.1 Å². The van der Waals surface area contributed by atoms with E-state index in [1.54, 1.807) is 7.11 Å². The van der Waals surface area contributed by atoms with Gasteiger partial charge in [0.05, 0.1) is 10.5 Å². The van der Waals surface area contributed by atoms with Gasteiger partial charge in [-0.15, -0.1) is 0 Å². The Bertz CT molecular complexity index is 1140. The number of piperidine rings is 1. The van der Waals surface area contributed by atoms with Crippen LogP contribution in [-0.2, 0) is 10.3 Å². The Morgan fingerprint density at radius 1 is 1.10 bits per heavy atom. The van der Waals surface area contributed by atoms with Crippen molar-refractivity contribution in [3.8, 4) is 11.5 Å². The smallest absolute Gasteiger partial charge is 0.274 e. The van der Waals surface area contributed by atoms with E-state index >= 15 is 0 Å². The lowest BCUT2D eigenvalue weighted by atomic mass is 9.73. The lowest BCUT2D eigenvalue weighted by Crippen LogP contribution is -2.48. The molecular weight excluding hydrogens is 496 g/mol. The summed E-state index contributed by atoms with van der Waals surface area (Å²) >= 11 is 0. The molecule has 0 bridgehead atoms. The van der Waals surface area contributed by atoms with Gasteiger partial charge in [0.15, 0.2) is 5.82 Å². The second-order valence-corrected chi connectivity index (χ2v) is 10.8. The maximum absolute atomic E-state index is 12.6. The molecular formula is C30H42N4O5. The van der Waals surface area contributed by atoms with Crippen molar-refractivity contribution in [1.82, 2.24) is 9.80 Å². The summed E-state index contributed by atoms with van der Waals surface area (Å²) in [5.74, 6) is 1.81. The first kappa shape index (κ1) is 28.9. The molecule has 2 fully saturated rings. The highest BCUT2D eigenvalue weighted by atomic mass is 16.6. The van der Waals surface area contributed by atoms with Gasteiger partial charge in [0, 0.05) is 57.4 Å². The van der Waals surface area contributed by atoms with E-state index in [9.17, 15) is 15.2 Å². The number of rotatable bonds is 12. The zero-order chi connectivity index (χ0) is 27.8. The minimum absolute atomic E-state index is 0.00364. The van der Waals surface area contributed by atoms with Crippen molar-refractivity contribution < 1.29 is 19.5 Å². The Kier molecular flexibility index (Phi) is 9.83. The van der Waals surface area contributed by atoms with Crippen LogP contribution in [0.4, 0.5) is 0 Å². The van der Waals surface area contributed by atoms with Crippen molar-refractivity contribution in [3.63, 3.8) is 0 Å². The number of para-hydroxylation sites is 2. The van der Waals surface area contributed by atoms with E-state index in [4.69, 9.17) is 15.2 Å². The number of likely N-dealkylation sites (tertiary alicyclic amines) is 2. The molecule has 212 valence electrons. The van der Waals surface area contributed by atoms with Crippen LogP contribution in [0.15, 0.2) is 60.6 Å². The highest BCUT2D eigenvalue weighted by Crippen LogP contribution is 2.45. The van der Waals surface area contributed by atoms with Gasteiger partial charge >= 0.3 is 0 Å². The van der Waals surface area contributed by atoms with E-state index in [0.29, 0.717) is 50.8 Å². The minimum Gasteiger partial charge on any atom is -0.457 e. The molecule has 2 aliphatic rings. The predicted molar refractivity (Wildman–Crippen MR) is 151 cm³/mol. The number of benzene rings is 2. The number of aryl methyl sites for hydroxylation is 1. The maximum atomic E-state index is 12.6. The van der Waals surface area contributed by atoms with Crippen LogP contribution < -0.4 is 10.5 Å². The molecule has 0 aromatic heterocycles. The summed E-state index contributed by atoms with van der Waals surface area (Å²) in [6.07, 6.45) is 5.67. The quantitative estimate of drug-likeness (QED) is 0.229. The fourth-order valence-corrected chi connectivity index (χ4v) is 5.93. The molecule has 39 heavy (non-hydrogen) atoms. The van der Waals surface area contributed by atoms with Crippen LogP contribution in [0.3, 0.4) is 0 Å². The van der Waals surface area contributed by atoms with Gasteiger partial charge in [-0.1, -0.05) is 36.4 Å². The monoisotopic (exact) mass is 538 g/mol. The molecule has 0 saturated carbocycles. The first-order chi connectivity index (χ1) is 18.8. The summed E-state index contributed by atoms with van der Waals surface area (Å²) in [7, 11) is 1.68. The number of hydrogen-bond donors (Lipinski definition) is 2. The number of nitrogens with zero attached hydrogens (tertiary/aromatic N) is 3. The molecule has 0 radical (unpaired) electrons. The predicted octanol–water partition coefficient (Wildman–Crippen LogP) is 4.61. The number of unbranched alkanes of at least 4 members (excludes halogenated alkanes) is 1. The summed E-state index contributed by atoms with van der Waals surface area (Å²) in [5, 5.41) is 24.2. The van der Waals surface area contributed by atoms with Crippen LogP contribution in [0.1, 0.15) is 49.7 Å². The fourth-order valence-electron chi connectivity index (χ4n) is 5.93. The maximum Gasteiger partial charge on any atom is 0.274 e. The van der Waals surface area contributed by atoms with E-state index in [2.05, 4.69) is 4.90 Å². The normalized spacial score (nSPS) is 21.6. The molecule has 9 heteroatoms. The van der Waals surface area contributed by atoms with Crippen LogP contribution in [0.25, 0.3) is 0 Å². The van der Waals surface area contributed by atoms with Gasteiger partial charge in [-0.05, 0) is 63.1 Å². The van der Waals surface area contributed by atoms with Crippen LogP contribution in [-0.4, -0.2) is 65.8 Å². The SMILES string of the molecule is COCCCC[C@@](O)(c1ccccc1Oc1ccccc1C)C1CCCN(C(=C[N+](=O)[O-])N2CCC(N)C2)C1. The summed E-state index contributed by atoms with van der Waals surface area (Å²) in [5.41, 5.74) is 6.72. The van der Waals surface area contributed by atoms with Crippen LogP contribution in [0.2, 0.25) is 0 Å². The molecule has 2 heterocycles. The third kappa shape index (κ3) is 7.09. The molecule has 0 aliphatic carbocycles. The van der Waals surface area contributed by atoms with Gasteiger partial charge in [0.25, 0.3) is 6.20 Å². The molecule has 2 aromatic carbocycles. The topological polar surface area (TPSA) is 114 Å². The van der Waals surface area contributed by atoms with Crippen molar-refractivity contribution in [3.05, 3.63) is 81.8 Å². The van der Waals surface area contributed by atoms with Crippen molar-refractivity contribution in [2.75, 3.05) is 39.9 Å². The molecule has 0 amide bonds. The second kappa shape index (κ2) is 13.3. The first-order valence-electron chi connectivity index (χ1n) is 14.0. The number of nitro groups is 1. The fraction of sp³-hybridized carbons (Fsp3) is 0.533. The van der Waals surface area contributed by atoms with Crippen molar-refractivity contribution in [1.29, 1.82) is 0 Å². The van der Waals surface area contributed by atoms with E-state index in [0.717, 1.165) is 55.2 Å². The van der Waals surface area contributed by atoms with E-state index in [1.165, 1.54) is 0 Å². The third-order valence-corrected chi connectivity index (χ3v) is 8.01. The molecule has 9 nitrogen and oxygen atoms in total. The summed E-state index contributed by atoms with van der Waals surface area (Å²) in [6, 6.07) is 15.6.